The molecule has 0 unspecified atom stereocenters. The predicted octanol–water partition coefficient (Wildman–Crippen LogP) is 6.94. The van der Waals surface area contributed by atoms with Gasteiger partial charge in [0.05, 0.1) is 5.69 Å². The van der Waals surface area contributed by atoms with Gasteiger partial charge < -0.3 is 15.6 Å². The van der Waals surface area contributed by atoms with Gasteiger partial charge in [-0.25, -0.2) is 18.4 Å². The minimum atomic E-state index is -3.67. The molecule has 2 aromatic carbocycles. The third-order valence-corrected chi connectivity index (χ3v) is 6.93. The molecule has 0 saturated carbocycles. The average molecular weight is 570 g/mol. The van der Waals surface area contributed by atoms with Gasteiger partial charge in [0, 0.05) is 29.4 Å². The minimum absolute atomic E-state index is 0.0177. The van der Waals surface area contributed by atoms with Crippen molar-refractivity contribution in [1.29, 1.82) is 0 Å². The smallest absolute Gasteiger partial charge is 0.276 e. The second-order valence-corrected chi connectivity index (χ2v) is 11.3. The fraction of sp³-hybridized carbons (Fsp3) is 0.156. The Morgan fingerprint density at radius 3 is 2.41 bits per heavy atom. The summed E-state index contributed by atoms with van der Waals surface area (Å²) in [5.41, 5.74) is 5.96. The standard InChI is InChI=1S/C32H35N5O3S/c1-8-10-11-25(9-2)22(4)18-19-33-24(6)34-28-20-27(17-14-23(28)5)35-31(38)30-29(26-15-12-21(3)13-16-26)36-32(37-30)41(7,39)40/h8-20H,1,4H2,2-3,5-7H3,(H,33,34)(H,35,38)(H,36,37)/b11-10-,19-18-,25-9+. The largest absolute Gasteiger partial charge is 0.344 e. The van der Waals surface area contributed by atoms with Crippen molar-refractivity contribution in [2.45, 2.75) is 32.9 Å². The van der Waals surface area contributed by atoms with Crippen LogP contribution in [0.3, 0.4) is 0 Å². The molecule has 1 aromatic heterocycles. The van der Waals surface area contributed by atoms with Crippen molar-refractivity contribution in [2.24, 2.45) is 4.99 Å². The fourth-order valence-corrected chi connectivity index (χ4v) is 4.31. The number of carbonyl (C=O) groups excluding carboxylic acids is 1. The Hall–Kier alpha value is -4.76. The molecule has 3 aromatic rings. The van der Waals surface area contributed by atoms with Crippen molar-refractivity contribution < 1.29 is 13.2 Å². The number of benzene rings is 2. The molecule has 212 valence electrons. The van der Waals surface area contributed by atoms with Crippen LogP contribution in [0.1, 0.15) is 35.5 Å². The second kappa shape index (κ2) is 13.5. The molecule has 1 heterocycles. The number of allylic oxidation sites excluding steroid dienone is 7. The molecule has 1 amide bonds. The van der Waals surface area contributed by atoms with Gasteiger partial charge in [-0.15, -0.1) is 0 Å². The first-order valence-corrected chi connectivity index (χ1v) is 14.7. The minimum Gasteiger partial charge on any atom is -0.344 e. The Morgan fingerprint density at radius 1 is 1.07 bits per heavy atom. The van der Waals surface area contributed by atoms with E-state index in [1.165, 1.54) is 0 Å². The first kappa shape index (κ1) is 30.8. The third kappa shape index (κ3) is 8.36. The highest BCUT2D eigenvalue weighted by atomic mass is 32.2. The first-order valence-electron chi connectivity index (χ1n) is 12.8. The summed E-state index contributed by atoms with van der Waals surface area (Å²) in [5, 5.41) is 5.82. The molecule has 3 rings (SSSR count). The van der Waals surface area contributed by atoms with Crippen molar-refractivity contribution in [2.75, 3.05) is 16.9 Å². The normalized spacial score (nSPS) is 12.6. The number of imidazole rings is 1. The molecule has 0 aliphatic carbocycles. The lowest BCUT2D eigenvalue weighted by atomic mass is 10.1. The molecule has 0 fully saturated rings. The maximum Gasteiger partial charge on any atom is 0.276 e. The van der Waals surface area contributed by atoms with Crippen molar-refractivity contribution in [3.8, 4) is 11.3 Å². The van der Waals surface area contributed by atoms with E-state index in [9.17, 15) is 13.2 Å². The van der Waals surface area contributed by atoms with Crippen LogP contribution in [0.5, 0.6) is 0 Å². The number of sulfone groups is 1. The van der Waals surface area contributed by atoms with Gasteiger partial charge in [0.15, 0.2) is 5.69 Å². The lowest BCUT2D eigenvalue weighted by molar-refractivity contribution is 0.102. The molecule has 41 heavy (non-hydrogen) atoms. The van der Waals surface area contributed by atoms with Gasteiger partial charge >= 0.3 is 0 Å². The molecule has 3 N–H and O–H groups in total. The summed E-state index contributed by atoms with van der Waals surface area (Å²) in [5.74, 6) is 0.0923. The number of carbonyl (C=O) groups is 1. The van der Waals surface area contributed by atoms with E-state index in [-0.39, 0.29) is 10.9 Å². The third-order valence-electron chi connectivity index (χ3n) is 6.04. The number of nitrogens with one attached hydrogen (secondary N) is 3. The number of hydrogen-bond donors (Lipinski definition) is 3. The van der Waals surface area contributed by atoms with Crippen LogP contribution in [0.25, 0.3) is 11.3 Å². The Kier molecular flexibility index (Phi) is 10.2. The van der Waals surface area contributed by atoms with E-state index in [4.69, 9.17) is 0 Å². The molecule has 0 bridgehead atoms. The lowest BCUT2D eigenvalue weighted by Gasteiger charge is -2.12. The van der Waals surface area contributed by atoms with Crippen LogP contribution in [-0.4, -0.2) is 36.4 Å². The summed E-state index contributed by atoms with van der Waals surface area (Å²) in [6, 6.07) is 12.8. The number of aromatic nitrogens is 2. The van der Waals surface area contributed by atoms with Gasteiger partial charge in [0.2, 0.25) is 15.0 Å². The first-order chi connectivity index (χ1) is 19.4. The van der Waals surface area contributed by atoms with E-state index in [1.807, 2.05) is 82.3 Å². The molecule has 9 heteroatoms. The van der Waals surface area contributed by atoms with E-state index in [2.05, 4.69) is 38.8 Å². The van der Waals surface area contributed by atoms with Crippen LogP contribution in [0.4, 0.5) is 11.4 Å². The maximum absolute atomic E-state index is 13.3. The van der Waals surface area contributed by atoms with Gasteiger partial charge in [-0.05, 0) is 62.6 Å². The molecule has 0 radical (unpaired) electrons. The maximum atomic E-state index is 13.3. The number of aromatic amines is 1. The zero-order valence-electron chi connectivity index (χ0n) is 23.9. The highest BCUT2D eigenvalue weighted by Crippen LogP contribution is 2.26. The summed E-state index contributed by atoms with van der Waals surface area (Å²) in [6.45, 7) is 15.4. The number of amides is 1. The van der Waals surface area contributed by atoms with E-state index in [0.717, 1.165) is 34.2 Å². The molecule has 0 atom stereocenters. The Balaban J connectivity index is 1.82. The van der Waals surface area contributed by atoms with Crippen LogP contribution in [0, 0.1) is 13.8 Å². The summed E-state index contributed by atoms with van der Waals surface area (Å²) < 4.78 is 24.4. The van der Waals surface area contributed by atoms with E-state index >= 15 is 0 Å². The van der Waals surface area contributed by atoms with Crippen LogP contribution in [0.15, 0.2) is 113 Å². The quantitative estimate of drug-likeness (QED) is 0.139. The number of hydrogen-bond acceptors (Lipinski definition) is 5. The number of H-pyrrole nitrogens is 1. The average Bonchev–Trinajstić information content (AvgIpc) is 3.38. The van der Waals surface area contributed by atoms with Crippen LogP contribution < -0.4 is 10.6 Å². The Bertz CT molecular complexity index is 1690. The zero-order valence-corrected chi connectivity index (χ0v) is 24.8. The fourth-order valence-electron chi connectivity index (χ4n) is 3.77. The van der Waals surface area contributed by atoms with Crippen LogP contribution in [-0.2, 0) is 9.84 Å². The highest BCUT2D eigenvalue weighted by molar-refractivity contribution is 7.90. The van der Waals surface area contributed by atoms with Gasteiger partial charge in [-0.1, -0.05) is 73.4 Å². The summed E-state index contributed by atoms with van der Waals surface area (Å²) >= 11 is 0. The number of nitrogens with zero attached hydrogens (tertiary/aromatic N) is 2. The van der Waals surface area contributed by atoms with E-state index < -0.39 is 15.7 Å². The summed E-state index contributed by atoms with van der Waals surface area (Å²) in [4.78, 5) is 24.7. The van der Waals surface area contributed by atoms with Crippen molar-refractivity contribution in [3.05, 3.63) is 120 Å². The topological polar surface area (TPSA) is 116 Å². The number of aliphatic imine (C=N–C) groups is 1. The number of aryl methyl sites for hydroxylation is 2. The Labute approximate surface area is 242 Å². The molecule has 8 nitrogen and oxygen atoms in total. The summed E-state index contributed by atoms with van der Waals surface area (Å²) in [6.07, 6.45) is 12.0. The molecule has 0 spiro atoms. The van der Waals surface area contributed by atoms with E-state index in [0.29, 0.717) is 22.8 Å². The van der Waals surface area contributed by atoms with Crippen molar-refractivity contribution >= 4 is 33.0 Å². The second-order valence-electron chi connectivity index (χ2n) is 9.41. The van der Waals surface area contributed by atoms with Crippen LogP contribution >= 0.6 is 0 Å². The van der Waals surface area contributed by atoms with E-state index in [1.54, 1.807) is 24.4 Å². The number of amidine groups is 1. The van der Waals surface area contributed by atoms with Gasteiger partial charge in [0.1, 0.15) is 5.84 Å². The van der Waals surface area contributed by atoms with Crippen molar-refractivity contribution in [1.82, 2.24) is 9.97 Å². The monoisotopic (exact) mass is 569 g/mol. The highest BCUT2D eigenvalue weighted by Gasteiger charge is 2.23. The molecule has 0 saturated heterocycles. The molecule has 0 aliphatic heterocycles. The van der Waals surface area contributed by atoms with Gasteiger partial charge in [-0.3, -0.25) is 4.79 Å². The SMILES string of the molecule is C=C/C=C\C(=C/C)C(=C)/C=C\N=C(/C)Nc1cc(NC(=O)c2nc(S(C)(=O)=O)[nH]c2-c2ccc(C)cc2)ccc1C. The lowest BCUT2D eigenvalue weighted by Crippen LogP contribution is -2.15. The zero-order chi connectivity index (χ0) is 30.2. The Morgan fingerprint density at radius 2 is 1.78 bits per heavy atom. The van der Waals surface area contributed by atoms with Crippen molar-refractivity contribution in [3.63, 3.8) is 0 Å². The predicted molar refractivity (Wildman–Crippen MR) is 169 cm³/mol. The number of rotatable bonds is 10. The van der Waals surface area contributed by atoms with Gasteiger partial charge in [0.25, 0.3) is 5.91 Å². The number of anilines is 2. The summed E-state index contributed by atoms with van der Waals surface area (Å²) in [7, 11) is -3.67. The molecule has 0 aliphatic rings. The molecular weight excluding hydrogens is 534 g/mol. The molecular formula is C32H35N5O3S. The van der Waals surface area contributed by atoms with Gasteiger partial charge in [-0.2, -0.15) is 0 Å². The van der Waals surface area contributed by atoms with Crippen LogP contribution in [0.2, 0.25) is 0 Å².